The molecule has 1 aliphatic rings. The fraction of sp³-hybridized carbons (Fsp3) is 0.148. The summed E-state index contributed by atoms with van der Waals surface area (Å²) in [4.78, 5) is 18.7. The zero-order chi connectivity index (χ0) is 24.0. The third-order valence-corrected chi connectivity index (χ3v) is 5.68. The number of ether oxygens (including phenoxy) is 1. The summed E-state index contributed by atoms with van der Waals surface area (Å²) in [5.41, 5.74) is 4.09. The topological polar surface area (TPSA) is 72.3 Å². The van der Waals surface area contributed by atoms with Crippen molar-refractivity contribution in [2.75, 3.05) is 36.5 Å². The van der Waals surface area contributed by atoms with Crippen LogP contribution in [0, 0.1) is 5.82 Å². The van der Waals surface area contributed by atoms with Crippen LogP contribution in [0.15, 0.2) is 85.3 Å². The van der Waals surface area contributed by atoms with Gasteiger partial charge in [0.1, 0.15) is 11.5 Å². The lowest BCUT2D eigenvalue weighted by molar-refractivity contribution is -0.111. The molecule has 7 nitrogen and oxygen atoms in total. The van der Waals surface area contributed by atoms with Crippen LogP contribution in [-0.4, -0.2) is 47.0 Å². The number of carbonyl (C=O) groups is 1. The lowest BCUT2D eigenvalue weighted by atomic mass is 10.1. The summed E-state index contributed by atoms with van der Waals surface area (Å²) in [7, 11) is 0. The highest BCUT2D eigenvalue weighted by molar-refractivity contribution is 6.02. The van der Waals surface area contributed by atoms with Crippen LogP contribution in [0.2, 0.25) is 0 Å². The molecule has 5 rings (SSSR count). The van der Waals surface area contributed by atoms with Gasteiger partial charge in [-0.3, -0.25) is 9.78 Å². The first-order chi connectivity index (χ1) is 17.2. The highest BCUT2D eigenvalue weighted by Crippen LogP contribution is 2.25. The van der Waals surface area contributed by atoms with Crippen molar-refractivity contribution in [2.24, 2.45) is 0 Å². The van der Waals surface area contributed by atoms with E-state index < -0.39 is 0 Å². The number of rotatable bonds is 6. The molecule has 0 bridgehead atoms. The Bertz CT molecular complexity index is 1330. The molecule has 1 amide bonds. The van der Waals surface area contributed by atoms with Crippen LogP contribution in [0.3, 0.4) is 0 Å². The molecule has 0 radical (unpaired) electrons. The Morgan fingerprint density at radius 1 is 1.06 bits per heavy atom. The van der Waals surface area contributed by atoms with Crippen molar-refractivity contribution >= 4 is 23.4 Å². The average molecular weight is 470 g/mol. The minimum absolute atomic E-state index is 0.367. The summed E-state index contributed by atoms with van der Waals surface area (Å²) in [6, 6.07) is 18.2. The van der Waals surface area contributed by atoms with Crippen molar-refractivity contribution in [3.63, 3.8) is 0 Å². The molecule has 176 valence electrons. The van der Waals surface area contributed by atoms with Crippen LogP contribution in [0.4, 0.5) is 15.8 Å². The SMILES string of the molecule is O=C(/C=C/c1cn(-c2ccccc2)nc1-c1cccnc1)Nc1ccc(N2CCOCC2)c(F)c1. The highest BCUT2D eigenvalue weighted by Gasteiger charge is 2.16. The molecule has 0 saturated carbocycles. The van der Waals surface area contributed by atoms with Gasteiger partial charge in [-0.1, -0.05) is 18.2 Å². The van der Waals surface area contributed by atoms with E-state index in [1.165, 1.54) is 12.1 Å². The van der Waals surface area contributed by atoms with E-state index >= 15 is 0 Å². The summed E-state index contributed by atoms with van der Waals surface area (Å²) in [6.45, 7) is 2.43. The number of benzene rings is 2. The van der Waals surface area contributed by atoms with E-state index in [1.807, 2.05) is 53.6 Å². The van der Waals surface area contributed by atoms with Crippen LogP contribution in [0.5, 0.6) is 0 Å². The minimum Gasteiger partial charge on any atom is -0.378 e. The predicted octanol–water partition coefficient (Wildman–Crippen LogP) is 4.56. The number of aromatic nitrogens is 3. The molecule has 4 aromatic rings. The predicted molar refractivity (Wildman–Crippen MR) is 134 cm³/mol. The number of carbonyl (C=O) groups excluding carboxylic acids is 1. The van der Waals surface area contributed by atoms with Gasteiger partial charge in [-0.15, -0.1) is 0 Å². The van der Waals surface area contributed by atoms with E-state index in [0.717, 1.165) is 16.8 Å². The number of hydrogen-bond acceptors (Lipinski definition) is 5. The van der Waals surface area contributed by atoms with Crippen molar-refractivity contribution in [3.05, 3.63) is 96.7 Å². The zero-order valence-electron chi connectivity index (χ0n) is 19.0. The Kier molecular flexibility index (Phi) is 6.63. The third kappa shape index (κ3) is 5.28. The Labute approximate surface area is 202 Å². The number of para-hydroxylation sites is 1. The second-order valence-corrected chi connectivity index (χ2v) is 8.04. The average Bonchev–Trinajstić information content (AvgIpc) is 3.34. The van der Waals surface area contributed by atoms with E-state index in [-0.39, 0.29) is 11.7 Å². The molecule has 8 heteroatoms. The van der Waals surface area contributed by atoms with Crippen molar-refractivity contribution in [1.29, 1.82) is 0 Å². The lowest BCUT2D eigenvalue weighted by Gasteiger charge is -2.29. The van der Waals surface area contributed by atoms with E-state index in [9.17, 15) is 9.18 Å². The highest BCUT2D eigenvalue weighted by atomic mass is 19.1. The van der Waals surface area contributed by atoms with Crippen LogP contribution in [-0.2, 0) is 9.53 Å². The molecule has 1 saturated heterocycles. The summed E-state index contributed by atoms with van der Waals surface area (Å²) in [5, 5.41) is 7.44. The van der Waals surface area contributed by atoms with Gasteiger partial charge in [0.2, 0.25) is 5.91 Å². The van der Waals surface area contributed by atoms with Gasteiger partial charge in [-0.25, -0.2) is 9.07 Å². The quantitative estimate of drug-likeness (QED) is 0.419. The molecule has 3 heterocycles. The molecule has 1 fully saturated rings. The van der Waals surface area contributed by atoms with Gasteiger partial charge in [-0.05, 0) is 48.5 Å². The molecule has 2 aromatic heterocycles. The summed E-state index contributed by atoms with van der Waals surface area (Å²) >= 11 is 0. The maximum Gasteiger partial charge on any atom is 0.248 e. The van der Waals surface area contributed by atoms with E-state index in [1.54, 1.807) is 35.3 Å². The minimum atomic E-state index is -0.378. The van der Waals surface area contributed by atoms with E-state index in [0.29, 0.717) is 43.4 Å². The standard InChI is InChI=1S/C27H24FN5O2/c28-24-17-22(9-10-25(24)32-13-15-35-16-14-32)30-26(34)11-8-21-19-33(23-6-2-1-3-7-23)31-27(21)20-5-4-12-29-18-20/h1-12,17-19H,13-16H2,(H,30,34)/b11-8+. The number of nitrogens with one attached hydrogen (secondary N) is 1. The molecule has 1 N–H and O–H groups in total. The maximum atomic E-state index is 14.7. The van der Waals surface area contributed by atoms with Crippen LogP contribution in [0.1, 0.15) is 5.56 Å². The molecule has 2 aromatic carbocycles. The van der Waals surface area contributed by atoms with Crippen molar-refractivity contribution in [2.45, 2.75) is 0 Å². The van der Waals surface area contributed by atoms with Gasteiger partial charge in [0.05, 0.1) is 24.6 Å². The number of halogens is 1. The van der Waals surface area contributed by atoms with E-state index in [4.69, 9.17) is 9.84 Å². The molecular weight excluding hydrogens is 445 g/mol. The van der Waals surface area contributed by atoms with Crippen LogP contribution < -0.4 is 10.2 Å². The first-order valence-electron chi connectivity index (χ1n) is 11.3. The first-order valence-corrected chi connectivity index (χ1v) is 11.3. The van der Waals surface area contributed by atoms with Crippen molar-refractivity contribution < 1.29 is 13.9 Å². The Hall–Kier alpha value is -4.30. The molecule has 0 aliphatic carbocycles. The summed E-state index contributed by atoms with van der Waals surface area (Å²) in [5.74, 6) is -0.746. The first kappa shape index (κ1) is 22.5. The number of nitrogens with zero attached hydrogens (tertiary/aromatic N) is 4. The second-order valence-electron chi connectivity index (χ2n) is 8.04. The third-order valence-electron chi connectivity index (χ3n) is 5.68. The number of pyridine rings is 1. The molecule has 0 unspecified atom stereocenters. The van der Waals surface area contributed by atoms with Gasteiger partial charge >= 0.3 is 0 Å². The molecule has 1 aliphatic heterocycles. The van der Waals surface area contributed by atoms with Gasteiger partial charge in [-0.2, -0.15) is 5.10 Å². The van der Waals surface area contributed by atoms with E-state index in [2.05, 4.69) is 10.3 Å². The normalized spacial score (nSPS) is 13.8. The van der Waals surface area contributed by atoms with Crippen LogP contribution in [0.25, 0.3) is 23.0 Å². The number of anilines is 2. The van der Waals surface area contributed by atoms with Crippen LogP contribution >= 0.6 is 0 Å². The molecule has 0 spiro atoms. The zero-order valence-corrected chi connectivity index (χ0v) is 19.0. The summed E-state index contributed by atoms with van der Waals surface area (Å²) in [6.07, 6.45) is 8.40. The Balaban J connectivity index is 1.35. The molecule has 35 heavy (non-hydrogen) atoms. The van der Waals surface area contributed by atoms with Gasteiger partial charge in [0.25, 0.3) is 0 Å². The van der Waals surface area contributed by atoms with Gasteiger partial charge < -0.3 is 15.0 Å². The smallest absolute Gasteiger partial charge is 0.248 e. The number of hydrogen-bond donors (Lipinski definition) is 1. The monoisotopic (exact) mass is 469 g/mol. The second kappa shape index (κ2) is 10.3. The Morgan fingerprint density at radius 2 is 1.89 bits per heavy atom. The van der Waals surface area contributed by atoms with Gasteiger partial charge in [0, 0.05) is 54.6 Å². The molecular formula is C27H24FN5O2. The fourth-order valence-electron chi connectivity index (χ4n) is 3.94. The van der Waals surface area contributed by atoms with Gasteiger partial charge in [0.15, 0.2) is 0 Å². The number of amides is 1. The lowest BCUT2D eigenvalue weighted by Crippen LogP contribution is -2.36. The fourth-order valence-corrected chi connectivity index (χ4v) is 3.94. The molecule has 0 atom stereocenters. The summed E-state index contributed by atoms with van der Waals surface area (Å²) < 4.78 is 21.8. The maximum absolute atomic E-state index is 14.7. The Morgan fingerprint density at radius 3 is 2.63 bits per heavy atom. The van der Waals surface area contributed by atoms with Crippen molar-refractivity contribution in [3.8, 4) is 16.9 Å². The van der Waals surface area contributed by atoms with Crippen molar-refractivity contribution in [1.82, 2.24) is 14.8 Å². The largest absolute Gasteiger partial charge is 0.378 e. The number of morpholine rings is 1.